The summed E-state index contributed by atoms with van der Waals surface area (Å²) in [7, 11) is 0. The highest BCUT2D eigenvalue weighted by atomic mass is 16.4. The quantitative estimate of drug-likeness (QED) is 0.838. The van der Waals surface area contributed by atoms with E-state index < -0.39 is 5.97 Å². The highest BCUT2D eigenvalue weighted by Crippen LogP contribution is 2.14. The number of benzene rings is 2. The second kappa shape index (κ2) is 6.75. The van der Waals surface area contributed by atoms with Crippen LogP contribution in [-0.4, -0.2) is 17.1 Å². The summed E-state index contributed by atoms with van der Waals surface area (Å²) in [5.74, 6) is -0.898. The highest BCUT2D eigenvalue weighted by molar-refractivity contribution is 5.88. The second-order valence-corrected chi connectivity index (χ2v) is 4.96. The number of anilines is 1. The molecule has 0 aliphatic rings. The molecule has 2 aromatic rings. The maximum Gasteiger partial charge on any atom is 0.335 e. The van der Waals surface area contributed by atoms with Crippen molar-refractivity contribution in [1.82, 2.24) is 0 Å². The van der Waals surface area contributed by atoms with Crippen molar-refractivity contribution in [2.24, 2.45) is 0 Å². The minimum absolute atomic E-state index is 0.291. The van der Waals surface area contributed by atoms with E-state index in [0.29, 0.717) is 11.6 Å². The third kappa shape index (κ3) is 4.12. The number of nitrogens with one attached hydrogen (secondary N) is 1. The van der Waals surface area contributed by atoms with Gasteiger partial charge in [0.1, 0.15) is 0 Å². The fourth-order valence-electron chi connectivity index (χ4n) is 2.13. The summed E-state index contributed by atoms with van der Waals surface area (Å²) in [5.41, 5.74) is 2.48. The lowest BCUT2D eigenvalue weighted by Gasteiger charge is -2.15. The Morgan fingerprint density at radius 2 is 1.90 bits per heavy atom. The molecule has 0 saturated carbocycles. The fourth-order valence-corrected chi connectivity index (χ4v) is 2.13. The first-order valence-corrected chi connectivity index (χ1v) is 6.79. The van der Waals surface area contributed by atoms with Crippen molar-refractivity contribution in [3.63, 3.8) is 0 Å². The van der Waals surface area contributed by atoms with E-state index in [2.05, 4.69) is 24.4 Å². The Labute approximate surface area is 119 Å². The maximum absolute atomic E-state index is 10.9. The van der Waals surface area contributed by atoms with Gasteiger partial charge in [-0.05, 0) is 43.5 Å². The van der Waals surface area contributed by atoms with Crippen LogP contribution in [0.4, 0.5) is 5.69 Å². The van der Waals surface area contributed by atoms with Gasteiger partial charge in [-0.25, -0.2) is 4.79 Å². The predicted molar refractivity (Wildman–Crippen MR) is 81.2 cm³/mol. The Kier molecular flexibility index (Phi) is 4.77. The maximum atomic E-state index is 10.9. The molecule has 0 fully saturated rings. The Balaban J connectivity index is 1.89. The molecule has 0 spiro atoms. The molecular formula is C17H19NO2. The Bertz CT molecular complexity index is 566. The summed E-state index contributed by atoms with van der Waals surface area (Å²) in [6.45, 7) is 2.11. The van der Waals surface area contributed by atoms with Gasteiger partial charge in [0.25, 0.3) is 0 Å². The van der Waals surface area contributed by atoms with Crippen molar-refractivity contribution in [2.45, 2.75) is 25.8 Å². The molecule has 0 aliphatic carbocycles. The van der Waals surface area contributed by atoms with Crippen molar-refractivity contribution in [2.75, 3.05) is 5.32 Å². The van der Waals surface area contributed by atoms with Gasteiger partial charge >= 0.3 is 5.97 Å². The molecule has 20 heavy (non-hydrogen) atoms. The van der Waals surface area contributed by atoms with Gasteiger partial charge in [0.15, 0.2) is 0 Å². The van der Waals surface area contributed by atoms with E-state index in [0.717, 1.165) is 18.5 Å². The molecule has 0 aliphatic heterocycles. The number of aryl methyl sites for hydroxylation is 1. The lowest BCUT2D eigenvalue weighted by atomic mass is 10.1. The first-order chi connectivity index (χ1) is 9.65. The van der Waals surface area contributed by atoms with Crippen LogP contribution in [0, 0.1) is 0 Å². The topological polar surface area (TPSA) is 49.3 Å². The Morgan fingerprint density at radius 1 is 1.15 bits per heavy atom. The van der Waals surface area contributed by atoms with Gasteiger partial charge in [-0.3, -0.25) is 0 Å². The highest BCUT2D eigenvalue weighted by Gasteiger charge is 2.06. The van der Waals surface area contributed by atoms with E-state index in [4.69, 9.17) is 5.11 Å². The zero-order valence-electron chi connectivity index (χ0n) is 11.5. The number of carboxylic acid groups (broad SMARTS) is 1. The molecule has 1 unspecified atom stereocenters. The standard InChI is InChI=1S/C17H19NO2/c1-13(10-11-14-6-3-2-4-7-14)18-16-9-5-8-15(12-16)17(19)20/h2-9,12-13,18H,10-11H2,1H3,(H,19,20). The van der Waals surface area contributed by atoms with E-state index in [1.54, 1.807) is 18.2 Å². The number of hydrogen-bond donors (Lipinski definition) is 2. The molecule has 104 valence electrons. The van der Waals surface area contributed by atoms with Gasteiger partial charge in [0.05, 0.1) is 5.56 Å². The number of rotatable bonds is 6. The largest absolute Gasteiger partial charge is 0.478 e. The third-order valence-electron chi connectivity index (χ3n) is 3.23. The predicted octanol–water partition coefficient (Wildman–Crippen LogP) is 3.82. The molecule has 2 N–H and O–H groups in total. The number of hydrogen-bond acceptors (Lipinski definition) is 2. The molecular weight excluding hydrogens is 250 g/mol. The molecule has 1 atom stereocenters. The van der Waals surface area contributed by atoms with Crippen LogP contribution in [0.25, 0.3) is 0 Å². The molecule has 0 amide bonds. The van der Waals surface area contributed by atoms with Crippen molar-refractivity contribution >= 4 is 11.7 Å². The van der Waals surface area contributed by atoms with Crippen molar-refractivity contribution in [3.05, 3.63) is 65.7 Å². The molecule has 0 bridgehead atoms. The summed E-state index contributed by atoms with van der Waals surface area (Å²) in [6, 6.07) is 17.6. The zero-order valence-corrected chi connectivity index (χ0v) is 11.5. The second-order valence-electron chi connectivity index (χ2n) is 4.96. The van der Waals surface area contributed by atoms with Crippen LogP contribution in [0.15, 0.2) is 54.6 Å². The average Bonchev–Trinajstić information content (AvgIpc) is 2.46. The van der Waals surface area contributed by atoms with E-state index in [9.17, 15) is 4.79 Å². The molecule has 3 nitrogen and oxygen atoms in total. The lowest BCUT2D eigenvalue weighted by Crippen LogP contribution is -2.16. The smallest absolute Gasteiger partial charge is 0.335 e. The zero-order chi connectivity index (χ0) is 14.4. The monoisotopic (exact) mass is 269 g/mol. The minimum Gasteiger partial charge on any atom is -0.478 e. The Hall–Kier alpha value is -2.29. The minimum atomic E-state index is -0.898. The molecule has 2 rings (SSSR count). The van der Waals surface area contributed by atoms with E-state index in [-0.39, 0.29) is 0 Å². The molecule has 0 heterocycles. The molecule has 2 aromatic carbocycles. The van der Waals surface area contributed by atoms with Crippen LogP contribution >= 0.6 is 0 Å². The summed E-state index contributed by atoms with van der Waals surface area (Å²) in [6.07, 6.45) is 2.01. The first kappa shape index (κ1) is 14.1. The van der Waals surface area contributed by atoms with E-state index in [1.807, 2.05) is 24.3 Å². The first-order valence-electron chi connectivity index (χ1n) is 6.79. The van der Waals surface area contributed by atoms with Crippen LogP contribution in [0.2, 0.25) is 0 Å². The van der Waals surface area contributed by atoms with E-state index >= 15 is 0 Å². The van der Waals surface area contributed by atoms with Gasteiger partial charge in [0.2, 0.25) is 0 Å². The van der Waals surface area contributed by atoms with Crippen molar-refractivity contribution in [3.8, 4) is 0 Å². The van der Waals surface area contributed by atoms with Gasteiger partial charge in [0, 0.05) is 11.7 Å². The van der Waals surface area contributed by atoms with Crippen molar-refractivity contribution in [1.29, 1.82) is 0 Å². The van der Waals surface area contributed by atoms with Gasteiger partial charge < -0.3 is 10.4 Å². The summed E-state index contributed by atoms with van der Waals surface area (Å²) >= 11 is 0. The summed E-state index contributed by atoms with van der Waals surface area (Å²) in [5, 5.41) is 12.3. The Morgan fingerprint density at radius 3 is 2.60 bits per heavy atom. The third-order valence-corrected chi connectivity index (χ3v) is 3.23. The normalized spacial score (nSPS) is 11.8. The lowest BCUT2D eigenvalue weighted by molar-refractivity contribution is 0.0697. The van der Waals surface area contributed by atoms with E-state index in [1.165, 1.54) is 5.56 Å². The van der Waals surface area contributed by atoms with Gasteiger partial charge in [-0.2, -0.15) is 0 Å². The van der Waals surface area contributed by atoms with Crippen LogP contribution in [0.5, 0.6) is 0 Å². The number of aromatic carboxylic acids is 1. The molecule has 0 radical (unpaired) electrons. The van der Waals surface area contributed by atoms with Crippen LogP contribution < -0.4 is 5.32 Å². The summed E-state index contributed by atoms with van der Waals surface area (Å²) < 4.78 is 0. The van der Waals surface area contributed by atoms with Crippen LogP contribution in [0.3, 0.4) is 0 Å². The van der Waals surface area contributed by atoms with Gasteiger partial charge in [-0.1, -0.05) is 36.4 Å². The number of carbonyl (C=O) groups is 1. The molecule has 0 saturated heterocycles. The van der Waals surface area contributed by atoms with Gasteiger partial charge in [-0.15, -0.1) is 0 Å². The van der Waals surface area contributed by atoms with Crippen LogP contribution in [0.1, 0.15) is 29.3 Å². The molecule has 0 aromatic heterocycles. The number of carboxylic acids is 1. The average molecular weight is 269 g/mol. The summed E-state index contributed by atoms with van der Waals surface area (Å²) in [4.78, 5) is 10.9. The van der Waals surface area contributed by atoms with Crippen molar-refractivity contribution < 1.29 is 9.90 Å². The van der Waals surface area contributed by atoms with Crippen LogP contribution in [-0.2, 0) is 6.42 Å². The fraction of sp³-hybridized carbons (Fsp3) is 0.235. The SMILES string of the molecule is CC(CCc1ccccc1)Nc1cccc(C(=O)O)c1. The molecule has 3 heteroatoms.